The Bertz CT molecular complexity index is 389. The maximum absolute atomic E-state index is 5.24. The number of hydrogen-bond acceptors (Lipinski definition) is 3. The second-order valence-electron chi connectivity index (χ2n) is 6.71. The number of nitrogens with zero attached hydrogens (tertiary/aromatic N) is 1. The van der Waals surface area contributed by atoms with E-state index in [1.54, 1.807) is 0 Å². The molecule has 3 nitrogen and oxygen atoms in total. The standard InChI is InChI=1S/C16H28N2O/c1-5-16(3,4)13-6-8-14(9-7-13)17-11-15-10-12(2)18-19-15/h10,13-14,17H,5-9,11H2,1-4H3. The van der Waals surface area contributed by atoms with Crippen molar-refractivity contribution in [1.82, 2.24) is 10.5 Å². The molecule has 0 amide bonds. The summed E-state index contributed by atoms with van der Waals surface area (Å²) in [7, 11) is 0. The Morgan fingerprint density at radius 3 is 2.53 bits per heavy atom. The van der Waals surface area contributed by atoms with Crippen molar-refractivity contribution in [1.29, 1.82) is 0 Å². The third-order valence-electron chi connectivity index (χ3n) is 4.99. The molecule has 1 aliphatic rings. The van der Waals surface area contributed by atoms with Crippen LogP contribution in [0.5, 0.6) is 0 Å². The topological polar surface area (TPSA) is 38.1 Å². The summed E-state index contributed by atoms with van der Waals surface area (Å²) in [5.41, 5.74) is 1.47. The van der Waals surface area contributed by atoms with E-state index in [9.17, 15) is 0 Å². The largest absolute Gasteiger partial charge is 0.360 e. The van der Waals surface area contributed by atoms with Gasteiger partial charge in [0.1, 0.15) is 0 Å². The minimum atomic E-state index is 0.507. The molecule has 0 aliphatic heterocycles. The van der Waals surface area contributed by atoms with E-state index in [-0.39, 0.29) is 0 Å². The highest BCUT2D eigenvalue weighted by molar-refractivity contribution is 5.02. The van der Waals surface area contributed by atoms with Gasteiger partial charge in [0.25, 0.3) is 0 Å². The van der Waals surface area contributed by atoms with Gasteiger partial charge >= 0.3 is 0 Å². The first kappa shape index (κ1) is 14.6. The fraction of sp³-hybridized carbons (Fsp3) is 0.812. The van der Waals surface area contributed by atoms with Crippen molar-refractivity contribution in [2.45, 2.75) is 72.4 Å². The summed E-state index contributed by atoms with van der Waals surface area (Å²) in [6.07, 6.45) is 6.58. The van der Waals surface area contributed by atoms with Crippen LogP contribution >= 0.6 is 0 Å². The molecule has 1 aromatic rings. The zero-order valence-electron chi connectivity index (χ0n) is 12.8. The molecule has 3 heteroatoms. The Balaban J connectivity index is 1.74. The van der Waals surface area contributed by atoms with E-state index in [1.165, 1.54) is 32.1 Å². The van der Waals surface area contributed by atoms with Gasteiger partial charge in [-0.25, -0.2) is 0 Å². The second kappa shape index (κ2) is 6.08. The van der Waals surface area contributed by atoms with E-state index < -0.39 is 0 Å². The van der Waals surface area contributed by atoms with Crippen LogP contribution in [0.15, 0.2) is 10.6 Å². The lowest BCUT2D eigenvalue weighted by Gasteiger charge is -2.39. The van der Waals surface area contributed by atoms with Gasteiger partial charge < -0.3 is 9.84 Å². The summed E-state index contributed by atoms with van der Waals surface area (Å²) >= 11 is 0. The summed E-state index contributed by atoms with van der Waals surface area (Å²) < 4.78 is 5.24. The van der Waals surface area contributed by atoms with Crippen LogP contribution in [0.4, 0.5) is 0 Å². The first-order valence-corrected chi connectivity index (χ1v) is 7.67. The Labute approximate surface area is 117 Å². The first-order chi connectivity index (χ1) is 9.01. The summed E-state index contributed by atoms with van der Waals surface area (Å²) in [6.45, 7) is 9.93. The molecule has 0 bridgehead atoms. The van der Waals surface area contributed by atoms with Gasteiger partial charge in [-0.15, -0.1) is 0 Å². The third-order valence-corrected chi connectivity index (χ3v) is 4.99. The maximum atomic E-state index is 5.24. The molecule has 0 saturated heterocycles. The summed E-state index contributed by atoms with van der Waals surface area (Å²) in [6, 6.07) is 2.66. The van der Waals surface area contributed by atoms with Gasteiger partial charge in [-0.1, -0.05) is 32.3 Å². The molecule has 1 fully saturated rings. The van der Waals surface area contributed by atoms with E-state index in [4.69, 9.17) is 4.52 Å². The van der Waals surface area contributed by atoms with E-state index in [0.717, 1.165) is 23.9 Å². The van der Waals surface area contributed by atoms with Crippen molar-refractivity contribution in [2.24, 2.45) is 11.3 Å². The first-order valence-electron chi connectivity index (χ1n) is 7.67. The lowest BCUT2D eigenvalue weighted by Crippen LogP contribution is -2.36. The predicted octanol–water partition coefficient (Wildman–Crippen LogP) is 4.07. The average molecular weight is 264 g/mol. The molecule has 0 atom stereocenters. The zero-order chi connectivity index (χ0) is 13.9. The Kier molecular flexibility index (Phi) is 4.67. The van der Waals surface area contributed by atoms with Crippen LogP contribution in [-0.2, 0) is 6.54 Å². The Hall–Kier alpha value is -0.830. The van der Waals surface area contributed by atoms with Crippen LogP contribution in [0.1, 0.15) is 64.3 Å². The van der Waals surface area contributed by atoms with E-state index in [1.807, 2.05) is 13.0 Å². The van der Waals surface area contributed by atoms with E-state index >= 15 is 0 Å². The Morgan fingerprint density at radius 2 is 2.00 bits per heavy atom. The SMILES string of the molecule is CCC(C)(C)C1CCC(NCc2cc(C)no2)CC1. The number of aromatic nitrogens is 1. The van der Waals surface area contributed by atoms with Crippen LogP contribution in [0.2, 0.25) is 0 Å². The average Bonchev–Trinajstić information content (AvgIpc) is 2.83. The molecule has 0 aromatic carbocycles. The van der Waals surface area contributed by atoms with Gasteiger partial charge in [0.2, 0.25) is 0 Å². The maximum Gasteiger partial charge on any atom is 0.150 e. The molecule has 1 heterocycles. The third kappa shape index (κ3) is 3.82. The number of aryl methyl sites for hydroxylation is 1. The summed E-state index contributed by atoms with van der Waals surface area (Å²) in [4.78, 5) is 0. The lowest BCUT2D eigenvalue weighted by atomic mass is 9.69. The fourth-order valence-electron chi connectivity index (χ4n) is 3.11. The molecule has 0 unspecified atom stereocenters. The molecule has 1 aromatic heterocycles. The number of nitrogens with one attached hydrogen (secondary N) is 1. The molecule has 19 heavy (non-hydrogen) atoms. The van der Waals surface area contributed by atoms with E-state index in [2.05, 4.69) is 31.2 Å². The quantitative estimate of drug-likeness (QED) is 0.871. The van der Waals surface area contributed by atoms with Gasteiger partial charge in [-0.3, -0.25) is 0 Å². The normalized spacial score (nSPS) is 24.6. The number of hydrogen-bond donors (Lipinski definition) is 1. The van der Waals surface area contributed by atoms with Crippen molar-refractivity contribution in [2.75, 3.05) is 0 Å². The molecule has 1 N–H and O–H groups in total. The van der Waals surface area contributed by atoms with Crippen molar-refractivity contribution >= 4 is 0 Å². The molecule has 1 saturated carbocycles. The molecule has 108 valence electrons. The van der Waals surface area contributed by atoms with Gasteiger partial charge in [0.15, 0.2) is 5.76 Å². The highest BCUT2D eigenvalue weighted by atomic mass is 16.5. The highest BCUT2D eigenvalue weighted by Crippen LogP contribution is 2.40. The van der Waals surface area contributed by atoms with Gasteiger partial charge in [0, 0.05) is 12.1 Å². The van der Waals surface area contributed by atoms with Crippen molar-refractivity contribution in [3.63, 3.8) is 0 Å². The van der Waals surface area contributed by atoms with Gasteiger partial charge in [-0.05, 0) is 43.9 Å². The number of rotatable bonds is 5. The summed E-state index contributed by atoms with van der Waals surface area (Å²) in [5.74, 6) is 1.84. The zero-order valence-corrected chi connectivity index (χ0v) is 12.8. The second-order valence-corrected chi connectivity index (χ2v) is 6.71. The molecule has 0 spiro atoms. The molecule has 2 rings (SSSR count). The summed E-state index contributed by atoms with van der Waals surface area (Å²) in [5, 5.41) is 7.53. The smallest absolute Gasteiger partial charge is 0.150 e. The van der Waals surface area contributed by atoms with Crippen molar-refractivity contribution < 1.29 is 4.52 Å². The van der Waals surface area contributed by atoms with Crippen LogP contribution in [0.3, 0.4) is 0 Å². The molecular weight excluding hydrogens is 236 g/mol. The minimum absolute atomic E-state index is 0.507. The predicted molar refractivity (Wildman–Crippen MR) is 77.9 cm³/mol. The fourth-order valence-corrected chi connectivity index (χ4v) is 3.11. The van der Waals surface area contributed by atoms with Crippen molar-refractivity contribution in [3.8, 4) is 0 Å². The van der Waals surface area contributed by atoms with Crippen molar-refractivity contribution in [3.05, 3.63) is 17.5 Å². The van der Waals surface area contributed by atoms with Gasteiger partial charge in [-0.2, -0.15) is 0 Å². The van der Waals surface area contributed by atoms with E-state index in [0.29, 0.717) is 11.5 Å². The molecule has 0 radical (unpaired) electrons. The van der Waals surface area contributed by atoms with Gasteiger partial charge in [0.05, 0.1) is 12.2 Å². The van der Waals surface area contributed by atoms with Crippen LogP contribution in [0, 0.1) is 18.3 Å². The molecular formula is C16H28N2O. The van der Waals surface area contributed by atoms with Crippen LogP contribution in [0.25, 0.3) is 0 Å². The molecule has 1 aliphatic carbocycles. The minimum Gasteiger partial charge on any atom is -0.360 e. The monoisotopic (exact) mass is 264 g/mol. The Morgan fingerprint density at radius 1 is 1.32 bits per heavy atom. The lowest BCUT2D eigenvalue weighted by molar-refractivity contribution is 0.136. The van der Waals surface area contributed by atoms with Crippen LogP contribution < -0.4 is 5.32 Å². The highest BCUT2D eigenvalue weighted by Gasteiger charge is 2.31. The van der Waals surface area contributed by atoms with Crippen LogP contribution in [-0.4, -0.2) is 11.2 Å².